The quantitative estimate of drug-likeness (QED) is 0.788. The summed E-state index contributed by atoms with van der Waals surface area (Å²) in [6, 6.07) is 9.09. The molecule has 0 aliphatic rings. The molecule has 7 nitrogen and oxygen atoms in total. The lowest BCUT2D eigenvalue weighted by atomic mass is 10.3. The average Bonchev–Trinajstić information content (AvgIpc) is 2.93. The maximum absolute atomic E-state index is 11.3. The monoisotopic (exact) mass is 282 g/mol. The number of ether oxygens (including phenoxy) is 1. The molecule has 0 fully saturated rings. The van der Waals surface area contributed by atoms with Crippen molar-refractivity contribution < 1.29 is 14.6 Å². The van der Waals surface area contributed by atoms with Crippen LogP contribution in [-0.2, 0) is 0 Å². The van der Waals surface area contributed by atoms with Gasteiger partial charge in [-0.25, -0.2) is 9.78 Å². The number of carbonyl (C=O) groups is 1. The van der Waals surface area contributed by atoms with Crippen LogP contribution in [0.25, 0.3) is 5.69 Å². The molecular formula is C14H10N4O3. The van der Waals surface area contributed by atoms with Crippen LogP contribution in [-0.4, -0.2) is 30.8 Å². The Morgan fingerprint density at radius 2 is 1.95 bits per heavy atom. The molecule has 0 saturated carbocycles. The summed E-state index contributed by atoms with van der Waals surface area (Å²) in [5.74, 6) is -0.858. The summed E-state index contributed by atoms with van der Waals surface area (Å²) in [7, 11) is 0. The van der Waals surface area contributed by atoms with Crippen molar-refractivity contribution in [2.75, 3.05) is 0 Å². The Morgan fingerprint density at radius 3 is 2.62 bits per heavy atom. The van der Waals surface area contributed by atoms with E-state index in [-0.39, 0.29) is 17.3 Å². The van der Waals surface area contributed by atoms with Gasteiger partial charge in [0.1, 0.15) is 5.56 Å². The second-order valence-corrected chi connectivity index (χ2v) is 4.06. The molecule has 2 heterocycles. The maximum Gasteiger partial charge on any atom is 0.342 e. The molecule has 3 aromatic rings. The highest BCUT2D eigenvalue weighted by atomic mass is 16.5. The largest absolute Gasteiger partial charge is 0.477 e. The van der Waals surface area contributed by atoms with Crippen LogP contribution in [0, 0.1) is 0 Å². The van der Waals surface area contributed by atoms with E-state index in [0.717, 1.165) is 0 Å². The van der Waals surface area contributed by atoms with Gasteiger partial charge in [0.05, 0.1) is 18.1 Å². The van der Waals surface area contributed by atoms with E-state index in [9.17, 15) is 9.90 Å². The van der Waals surface area contributed by atoms with Gasteiger partial charge in [0, 0.05) is 12.4 Å². The summed E-state index contributed by atoms with van der Waals surface area (Å²) in [6.45, 7) is 0. The highest BCUT2D eigenvalue weighted by Crippen LogP contribution is 2.26. The Kier molecular flexibility index (Phi) is 3.30. The van der Waals surface area contributed by atoms with Crippen molar-refractivity contribution >= 4 is 5.97 Å². The molecule has 21 heavy (non-hydrogen) atoms. The lowest BCUT2D eigenvalue weighted by Crippen LogP contribution is -2.04. The second-order valence-electron chi connectivity index (χ2n) is 4.06. The second kappa shape index (κ2) is 5.41. The summed E-state index contributed by atoms with van der Waals surface area (Å²) in [4.78, 5) is 19.1. The number of hydrogen-bond donors (Lipinski definition) is 1. The zero-order chi connectivity index (χ0) is 14.7. The summed E-state index contributed by atoms with van der Waals surface area (Å²) in [5.41, 5.74) is 0.633. The molecule has 0 spiro atoms. The number of hydrogen-bond acceptors (Lipinski definition) is 5. The van der Waals surface area contributed by atoms with Crippen molar-refractivity contribution in [2.24, 2.45) is 0 Å². The van der Waals surface area contributed by atoms with Gasteiger partial charge in [-0.15, -0.1) is 0 Å². The number of carboxylic acid groups (broad SMARTS) is 1. The van der Waals surface area contributed by atoms with Crippen molar-refractivity contribution in [2.45, 2.75) is 0 Å². The first-order valence-electron chi connectivity index (χ1n) is 6.06. The standard InChI is InChI=1S/C14H10N4O3/c19-14(20)11-8-17-18(10-4-2-1-3-5-10)13(11)21-12-9-15-6-7-16-12/h1-9H,(H,19,20). The molecule has 0 radical (unpaired) electrons. The van der Waals surface area contributed by atoms with E-state index in [1.165, 1.54) is 29.5 Å². The van der Waals surface area contributed by atoms with Crippen LogP contribution in [0.2, 0.25) is 0 Å². The van der Waals surface area contributed by atoms with Crippen LogP contribution in [0.3, 0.4) is 0 Å². The van der Waals surface area contributed by atoms with Gasteiger partial charge in [0.15, 0.2) is 0 Å². The third-order valence-corrected chi connectivity index (χ3v) is 2.70. The normalized spacial score (nSPS) is 10.3. The summed E-state index contributed by atoms with van der Waals surface area (Å²) in [6.07, 6.45) is 5.59. The van der Waals surface area contributed by atoms with E-state index in [1.54, 1.807) is 12.1 Å². The number of benzene rings is 1. The molecule has 3 rings (SSSR count). The molecule has 1 aromatic carbocycles. The SMILES string of the molecule is O=C(O)c1cnn(-c2ccccc2)c1Oc1cnccn1. The van der Waals surface area contributed by atoms with Crippen LogP contribution >= 0.6 is 0 Å². The fraction of sp³-hybridized carbons (Fsp3) is 0. The predicted octanol–water partition coefficient (Wildman–Crippen LogP) is 2.15. The zero-order valence-electron chi connectivity index (χ0n) is 10.7. The van der Waals surface area contributed by atoms with E-state index in [0.29, 0.717) is 5.69 Å². The fourth-order valence-corrected chi connectivity index (χ4v) is 1.77. The van der Waals surface area contributed by atoms with Gasteiger partial charge in [-0.1, -0.05) is 18.2 Å². The van der Waals surface area contributed by atoms with Gasteiger partial charge in [0.2, 0.25) is 11.8 Å². The minimum Gasteiger partial charge on any atom is -0.477 e. The third-order valence-electron chi connectivity index (χ3n) is 2.70. The Bertz CT molecular complexity index is 756. The minimum absolute atomic E-state index is 0.0514. The molecule has 0 aliphatic heterocycles. The Morgan fingerprint density at radius 1 is 1.14 bits per heavy atom. The summed E-state index contributed by atoms with van der Waals surface area (Å²) >= 11 is 0. The number of para-hydroxylation sites is 1. The first-order chi connectivity index (χ1) is 10.3. The highest BCUT2D eigenvalue weighted by molar-refractivity contribution is 5.90. The number of rotatable bonds is 4. The third kappa shape index (κ3) is 2.57. The van der Waals surface area contributed by atoms with Gasteiger partial charge in [-0.05, 0) is 12.1 Å². The smallest absolute Gasteiger partial charge is 0.342 e. The molecular weight excluding hydrogens is 272 g/mol. The van der Waals surface area contributed by atoms with Crippen molar-refractivity contribution in [3.05, 3.63) is 60.7 Å². The molecule has 0 atom stereocenters. The fourth-order valence-electron chi connectivity index (χ4n) is 1.77. The van der Waals surface area contributed by atoms with E-state index in [2.05, 4.69) is 15.1 Å². The van der Waals surface area contributed by atoms with Crippen LogP contribution < -0.4 is 4.74 Å². The van der Waals surface area contributed by atoms with Crippen molar-refractivity contribution in [3.8, 4) is 17.4 Å². The maximum atomic E-state index is 11.3. The topological polar surface area (TPSA) is 90.1 Å². The predicted molar refractivity (Wildman–Crippen MR) is 72.6 cm³/mol. The average molecular weight is 282 g/mol. The number of aromatic nitrogens is 4. The van der Waals surface area contributed by atoms with Crippen molar-refractivity contribution in [1.82, 2.24) is 19.7 Å². The van der Waals surface area contributed by atoms with E-state index in [4.69, 9.17) is 4.74 Å². The molecule has 0 bridgehead atoms. The van der Waals surface area contributed by atoms with Crippen molar-refractivity contribution in [3.63, 3.8) is 0 Å². The van der Waals surface area contributed by atoms with Gasteiger partial charge in [-0.2, -0.15) is 9.78 Å². The summed E-state index contributed by atoms with van der Waals surface area (Å²) in [5, 5.41) is 13.3. The zero-order valence-corrected chi connectivity index (χ0v) is 10.7. The van der Waals surface area contributed by atoms with Gasteiger partial charge in [0.25, 0.3) is 0 Å². The molecule has 1 N–H and O–H groups in total. The van der Waals surface area contributed by atoms with Crippen LogP contribution in [0.15, 0.2) is 55.1 Å². The molecule has 2 aromatic heterocycles. The molecule has 0 unspecified atom stereocenters. The highest BCUT2D eigenvalue weighted by Gasteiger charge is 2.20. The number of aromatic carboxylic acids is 1. The first kappa shape index (κ1) is 12.8. The molecule has 7 heteroatoms. The van der Waals surface area contributed by atoms with Gasteiger partial charge >= 0.3 is 5.97 Å². The summed E-state index contributed by atoms with van der Waals surface area (Å²) < 4.78 is 6.94. The van der Waals surface area contributed by atoms with Crippen LogP contribution in [0.1, 0.15) is 10.4 Å². The van der Waals surface area contributed by atoms with Gasteiger partial charge < -0.3 is 9.84 Å². The minimum atomic E-state index is -1.13. The Labute approximate surface area is 119 Å². The van der Waals surface area contributed by atoms with Gasteiger partial charge in [-0.3, -0.25) is 4.98 Å². The lowest BCUT2D eigenvalue weighted by molar-refractivity contribution is 0.0694. The number of carboxylic acids is 1. The lowest BCUT2D eigenvalue weighted by Gasteiger charge is -2.08. The van der Waals surface area contributed by atoms with Crippen molar-refractivity contribution in [1.29, 1.82) is 0 Å². The Balaban J connectivity index is 2.08. The van der Waals surface area contributed by atoms with E-state index < -0.39 is 5.97 Å². The molecule has 104 valence electrons. The number of nitrogens with zero attached hydrogens (tertiary/aromatic N) is 4. The van der Waals surface area contributed by atoms with E-state index >= 15 is 0 Å². The molecule has 0 saturated heterocycles. The molecule has 0 aliphatic carbocycles. The van der Waals surface area contributed by atoms with Crippen LogP contribution in [0.5, 0.6) is 11.8 Å². The first-order valence-corrected chi connectivity index (χ1v) is 6.06. The van der Waals surface area contributed by atoms with E-state index in [1.807, 2.05) is 18.2 Å². The molecule has 0 amide bonds. The Hall–Kier alpha value is -3.22. The van der Waals surface area contributed by atoms with Crippen LogP contribution in [0.4, 0.5) is 0 Å².